The van der Waals surface area contributed by atoms with Gasteiger partial charge in [-0.05, 0) is 55.0 Å². The number of aromatic nitrogens is 3. The number of hydrogen-bond donors (Lipinski definition) is 3. The van der Waals surface area contributed by atoms with Gasteiger partial charge >= 0.3 is 0 Å². The molecule has 0 bridgehead atoms. The molecule has 38 heavy (non-hydrogen) atoms. The zero-order chi connectivity index (χ0) is 26.6. The summed E-state index contributed by atoms with van der Waals surface area (Å²) in [4.78, 5) is 34.9. The Balaban J connectivity index is 1.42. The van der Waals surface area contributed by atoms with Crippen molar-refractivity contribution in [2.45, 2.75) is 6.92 Å². The third kappa shape index (κ3) is 5.47. The van der Waals surface area contributed by atoms with Crippen LogP contribution >= 0.6 is 11.6 Å². The number of hydrogen-bond acceptors (Lipinski definition) is 6. The lowest BCUT2D eigenvalue weighted by molar-refractivity contribution is 0.0950. The molecule has 1 aliphatic heterocycles. The standard InChI is InChI=1S/C28H24ClN7O2/c1-17-12-18(15-31-17)16-32-28(38)24-14-26(36(35-24)20-6-3-2-4-7-20)34-27(37)21-13-19(10-11-22(21)29)23-8-5-9-25(30)33-23/h2-14H,15-16H2,1H3,(H2,30,33)(H,32,38)(H,34,37). The Hall–Kier alpha value is -4.76. The molecular weight excluding hydrogens is 502 g/mol. The van der Waals surface area contributed by atoms with Crippen LogP contribution in [-0.4, -0.2) is 45.4 Å². The van der Waals surface area contributed by atoms with Gasteiger partial charge in [0, 0.05) is 23.9 Å². The average molecular weight is 526 g/mol. The van der Waals surface area contributed by atoms with E-state index in [0.717, 1.165) is 11.3 Å². The third-order valence-corrected chi connectivity index (χ3v) is 6.21. The minimum Gasteiger partial charge on any atom is -0.384 e. The Morgan fingerprint density at radius 3 is 2.58 bits per heavy atom. The van der Waals surface area contributed by atoms with Crippen molar-refractivity contribution in [3.05, 3.63) is 101 Å². The van der Waals surface area contributed by atoms with Crippen molar-refractivity contribution in [3.8, 4) is 16.9 Å². The molecular formula is C28H24ClN7O2. The number of nitrogens with two attached hydrogens (primary N) is 1. The number of aliphatic imine (C=N–C) groups is 1. The lowest BCUT2D eigenvalue weighted by atomic mass is 10.1. The van der Waals surface area contributed by atoms with Crippen LogP contribution in [0.3, 0.4) is 0 Å². The average Bonchev–Trinajstić information content (AvgIpc) is 3.54. The van der Waals surface area contributed by atoms with Gasteiger partial charge in [0.25, 0.3) is 11.8 Å². The van der Waals surface area contributed by atoms with E-state index in [1.54, 1.807) is 36.4 Å². The van der Waals surface area contributed by atoms with Gasteiger partial charge in [-0.1, -0.05) is 41.9 Å². The Morgan fingerprint density at radius 1 is 1.03 bits per heavy atom. The molecule has 0 radical (unpaired) electrons. The number of para-hydroxylation sites is 1. The number of carbonyl (C=O) groups excluding carboxylic acids is 2. The van der Waals surface area contributed by atoms with E-state index in [0.29, 0.717) is 41.7 Å². The summed E-state index contributed by atoms with van der Waals surface area (Å²) in [6.45, 7) is 2.84. The lowest BCUT2D eigenvalue weighted by Crippen LogP contribution is -2.26. The molecule has 190 valence electrons. The van der Waals surface area contributed by atoms with Crippen LogP contribution in [0, 0.1) is 0 Å². The minimum atomic E-state index is -0.464. The molecule has 5 rings (SSSR count). The number of halogens is 1. The Kier molecular flexibility index (Phi) is 7.01. The number of benzene rings is 2. The highest BCUT2D eigenvalue weighted by Gasteiger charge is 2.20. The summed E-state index contributed by atoms with van der Waals surface area (Å²) in [5, 5.41) is 10.5. The molecule has 4 N–H and O–H groups in total. The number of pyridine rings is 1. The first-order valence-electron chi connectivity index (χ1n) is 11.9. The zero-order valence-corrected chi connectivity index (χ0v) is 21.2. The normalized spacial score (nSPS) is 12.6. The smallest absolute Gasteiger partial charge is 0.272 e. The number of nitrogens with one attached hydrogen (secondary N) is 2. The van der Waals surface area contributed by atoms with Gasteiger partial charge in [0.15, 0.2) is 5.69 Å². The number of nitrogens with zero attached hydrogens (tertiary/aromatic N) is 4. The number of nitrogen functional groups attached to an aromatic ring is 1. The molecule has 2 aromatic heterocycles. The monoisotopic (exact) mass is 525 g/mol. The van der Waals surface area contributed by atoms with Crippen LogP contribution in [0.25, 0.3) is 16.9 Å². The van der Waals surface area contributed by atoms with Crippen LogP contribution in [0.5, 0.6) is 0 Å². The molecule has 0 spiro atoms. The second-order valence-electron chi connectivity index (χ2n) is 8.70. The van der Waals surface area contributed by atoms with Crippen LogP contribution in [0.15, 0.2) is 89.4 Å². The van der Waals surface area contributed by atoms with E-state index in [-0.39, 0.29) is 22.2 Å². The predicted octanol–water partition coefficient (Wildman–Crippen LogP) is 4.55. The van der Waals surface area contributed by atoms with Gasteiger partial charge in [-0.3, -0.25) is 14.6 Å². The van der Waals surface area contributed by atoms with Gasteiger partial charge in [0.05, 0.1) is 28.5 Å². The van der Waals surface area contributed by atoms with Crippen molar-refractivity contribution in [1.82, 2.24) is 20.1 Å². The number of anilines is 2. The molecule has 0 unspecified atom stereocenters. The highest BCUT2D eigenvalue weighted by atomic mass is 35.5. The molecule has 0 saturated carbocycles. The quantitative estimate of drug-likeness (QED) is 0.326. The van der Waals surface area contributed by atoms with Crippen LogP contribution < -0.4 is 16.4 Å². The SMILES string of the molecule is CC1=NCC(CNC(=O)c2cc(NC(=O)c3cc(-c4cccc(N)n4)ccc3Cl)n(-c3ccccc3)n2)=C1. The summed E-state index contributed by atoms with van der Waals surface area (Å²) in [6.07, 6.45) is 1.95. The van der Waals surface area contributed by atoms with E-state index in [1.165, 1.54) is 10.7 Å². The van der Waals surface area contributed by atoms with Gasteiger partial charge in [-0.15, -0.1) is 0 Å². The van der Waals surface area contributed by atoms with Crippen molar-refractivity contribution in [1.29, 1.82) is 0 Å². The molecule has 2 aromatic carbocycles. The van der Waals surface area contributed by atoms with Gasteiger partial charge in [-0.2, -0.15) is 5.10 Å². The second kappa shape index (κ2) is 10.7. The molecule has 3 heterocycles. The highest BCUT2D eigenvalue weighted by molar-refractivity contribution is 6.34. The van der Waals surface area contributed by atoms with Crippen LogP contribution in [0.2, 0.25) is 5.02 Å². The molecule has 1 aliphatic rings. The predicted molar refractivity (Wildman–Crippen MR) is 149 cm³/mol. The molecule has 0 fully saturated rings. The molecule has 2 amide bonds. The van der Waals surface area contributed by atoms with E-state index >= 15 is 0 Å². The molecule has 4 aromatic rings. The van der Waals surface area contributed by atoms with Crippen LogP contribution in [0.4, 0.5) is 11.6 Å². The van der Waals surface area contributed by atoms with Gasteiger partial charge in [0.2, 0.25) is 0 Å². The largest absolute Gasteiger partial charge is 0.384 e. The first kappa shape index (κ1) is 24.9. The first-order chi connectivity index (χ1) is 18.4. The van der Waals surface area contributed by atoms with Gasteiger partial charge in [-0.25, -0.2) is 9.67 Å². The Bertz CT molecular complexity index is 1590. The Morgan fingerprint density at radius 2 is 1.84 bits per heavy atom. The van der Waals surface area contributed by atoms with E-state index in [4.69, 9.17) is 17.3 Å². The van der Waals surface area contributed by atoms with Crippen molar-refractivity contribution in [2.75, 3.05) is 24.1 Å². The Labute approximate surface area is 224 Å². The number of amides is 2. The fourth-order valence-corrected chi connectivity index (χ4v) is 4.21. The van der Waals surface area contributed by atoms with Gasteiger partial charge < -0.3 is 16.4 Å². The maximum atomic E-state index is 13.4. The number of rotatable bonds is 7. The second-order valence-corrected chi connectivity index (χ2v) is 9.11. The van der Waals surface area contributed by atoms with Crippen molar-refractivity contribution in [2.24, 2.45) is 4.99 Å². The summed E-state index contributed by atoms with van der Waals surface area (Å²) in [7, 11) is 0. The fraction of sp³-hybridized carbons (Fsp3) is 0.107. The summed E-state index contributed by atoms with van der Waals surface area (Å²) >= 11 is 6.40. The minimum absolute atomic E-state index is 0.157. The van der Waals surface area contributed by atoms with Crippen molar-refractivity contribution in [3.63, 3.8) is 0 Å². The summed E-state index contributed by atoms with van der Waals surface area (Å²) in [5.74, 6) is -0.149. The zero-order valence-electron chi connectivity index (χ0n) is 20.5. The van der Waals surface area contributed by atoms with Crippen molar-refractivity contribution < 1.29 is 9.59 Å². The van der Waals surface area contributed by atoms with E-state index < -0.39 is 5.91 Å². The summed E-state index contributed by atoms with van der Waals surface area (Å²) in [5.41, 5.74) is 10.1. The van der Waals surface area contributed by atoms with Crippen molar-refractivity contribution >= 4 is 40.8 Å². The lowest BCUT2D eigenvalue weighted by Gasteiger charge is -2.11. The van der Waals surface area contributed by atoms with E-state index in [1.807, 2.05) is 43.3 Å². The topological polar surface area (TPSA) is 127 Å². The number of carbonyl (C=O) groups is 2. The third-order valence-electron chi connectivity index (χ3n) is 5.88. The van der Waals surface area contributed by atoms with Crippen LogP contribution in [0.1, 0.15) is 27.8 Å². The van der Waals surface area contributed by atoms with E-state index in [9.17, 15) is 9.59 Å². The maximum Gasteiger partial charge on any atom is 0.272 e. The summed E-state index contributed by atoms with van der Waals surface area (Å²) in [6, 6.07) is 21.1. The first-order valence-corrected chi connectivity index (χ1v) is 12.2. The molecule has 0 aliphatic carbocycles. The fourth-order valence-electron chi connectivity index (χ4n) is 4.01. The summed E-state index contributed by atoms with van der Waals surface area (Å²) < 4.78 is 1.51. The van der Waals surface area contributed by atoms with Crippen LogP contribution in [-0.2, 0) is 0 Å². The number of allylic oxidation sites excluding steroid dienone is 1. The van der Waals surface area contributed by atoms with E-state index in [2.05, 4.69) is 25.7 Å². The molecule has 9 nitrogen and oxygen atoms in total. The molecule has 10 heteroatoms. The molecule has 0 saturated heterocycles. The van der Waals surface area contributed by atoms with Gasteiger partial charge in [0.1, 0.15) is 11.6 Å². The molecule has 0 atom stereocenters. The maximum absolute atomic E-state index is 13.4. The highest BCUT2D eigenvalue weighted by Crippen LogP contribution is 2.26.